The normalized spacial score (nSPS) is 15.2. The second-order valence-electron chi connectivity index (χ2n) is 5.00. The third-order valence-corrected chi connectivity index (χ3v) is 3.42. The van der Waals surface area contributed by atoms with Crippen LogP contribution in [0.15, 0.2) is 24.5 Å². The fourth-order valence-electron chi connectivity index (χ4n) is 2.26. The average Bonchev–Trinajstić information content (AvgIpc) is 3.17. The number of hydrogen-bond acceptors (Lipinski definition) is 6. The van der Waals surface area contributed by atoms with Crippen LogP contribution in [-0.2, 0) is 19.1 Å². The van der Waals surface area contributed by atoms with E-state index < -0.39 is 23.9 Å². The van der Waals surface area contributed by atoms with Crippen molar-refractivity contribution in [3.8, 4) is 0 Å². The van der Waals surface area contributed by atoms with E-state index in [0.717, 1.165) is 4.90 Å². The number of esters is 1. The molecule has 2 amide bonds. The molecule has 0 bridgehead atoms. The number of aromatic nitrogens is 1. The minimum atomic E-state index is -0.939. The van der Waals surface area contributed by atoms with E-state index in [1.54, 1.807) is 31.5 Å². The van der Waals surface area contributed by atoms with Gasteiger partial charge in [-0.25, -0.2) is 9.69 Å². The summed E-state index contributed by atoms with van der Waals surface area (Å²) < 4.78 is 11.0. The van der Waals surface area contributed by atoms with Crippen LogP contribution in [0.2, 0.25) is 0 Å². The van der Waals surface area contributed by atoms with E-state index in [1.807, 2.05) is 0 Å². The Morgan fingerprint density at radius 1 is 1.22 bits per heavy atom. The van der Waals surface area contributed by atoms with Gasteiger partial charge < -0.3 is 9.47 Å². The maximum atomic E-state index is 12.1. The first-order chi connectivity index (χ1) is 11.0. The molecule has 1 aliphatic heterocycles. The number of amides is 2. The largest absolute Gasteiger partial charge is 0.466 e. The lowest BCUT2D eigenvalue weighted by Gasteiger charge is -2.17. The van der Waals surface area contributed by atoms with Gasteiger partial charge in [-0.15, -0.1) is 0 Å². The minimum absolute atomic E-state index is 0.136. The zero-order valence-electron chi connectivity index (χ0n) is 12.8. The summed E-state index contributed by atoms with van der Waals surface area (Å²) in [6.07, 6.45) is 1.94. The molecule has 2 heterocycles. The van der Waals surface area contributed by atoms with Crippen LogP contribution in [0, 0.1) is 5.92 Å². The van der Waals surface area contributed by atoms with Crippen molar-refractivity contribution in [3.05, 3.63) is 24.5 Å². The lowest BCUT2D eigenvalue weighted by molar-refractivity contribution is -0.150. The molecule has 1 atom stereocenters. The van der Waals surface area contributed by atoms with Crippen molar-refractivity contribution in [2.45, 2.75) is 19.8 Å². The van der Waals surface area contributed by atoms with Gasteiger partial charge in [-0.2, -0.15) is 0 Å². The van der Waals surface area contributed by atoms with Gasteiger partial charge in [0.1, 0.15) is 6.61 Å². The molecule has 0 saturated carbocycles. The number of ether oxygens (including phenoxy) is 2. The van der Waals surface area contributed by atoms with E-state index in [4.69, 9.17) is 9.47 Å². The fraction of sp³-hybridized carbons (Fsp3) is 0.467. The number of carbonyl (C=O) groups is 4. The van der Waals surface area contributed by atoms with E-state index in [9.17, 15) is 19.2 Å². The van der Waals surface area contributed by atoms with Crippen LogP contribution < -0.4 is 0 Å². The Morgan fingerprint density at radius 2 is 1.87 bits per heavy atom. The Balaban J connectivity index is 2.04. The molecule has 1 aliphatic rings. The highest BCUT2D eigenvalue weighted by Crippen LogP contribution is 2.17. The van der Waals surface area contributed by atoms with Crippen molar-refractivity contribution in [2.75, 3.05) is 19.8 Å². The molecule has 0 radical (unpaired) electrons. The maximum absolute atomic E-state index is 12.1. The second kappa shape index (κ2) is 7.57. The van der Waals surface area contributed by atoms with Gasteiger partial charge in [0.2, 0.25) is 11.8 Å². The summed E-state index contributed by atoms with van der Waals surface area (Å²) in [4.78, 5) is 48.6. The van der Waals surface area contributed by atoms with Crippen LogP contribution in [0.5, 0.6) is 0 Å². The summed E-state index contributed by atoms with van der Waals surface area (Å²) in [5, 5.41) is 0. The van der Waals surface area contributed by atoms with Gasteiger partial charge in [0.15, 0.2) is 0 Å². The maximum Gasteiger partial charge on any atom is 0.416 e. The van der Waals surface area contributed by atoms with Crippen LogP contribution in [0.25, 0.3) is 0 Å². The zero-order valence-corrected chi connectivity index (χ0v) is 12.8. The Labute approximate surface area is 132 Å². The quantitative estimate of drug-likeness (QED) is 0.727. The van der Waals surface area contributed by atoms with Gasteiger partial charge in [-0.3, -0.25) is 19.0 Å². The first-order valence-electron chi connectivity index (χ1n) is 7.32. The molecule has 0 aliphatic carbocycles. The fourth-order valence-corrected chi connectivity index (χ4v) is 2.26. The van der Waals surface area contributed by atoms with Crippen molar-refractivity contribution < 1.29 is 28.7 Å². The van der Waals surface area contributed by atoms with Gasteiger partial charge >= 0.3 is 12.1 Å². The summed E-state index contributed by atoms with van der Waals surface area (Å²) in [7, 11) is 0. The van der Waals surface area contributed by atoms with Crippen LogP contribution in [-0.4, -0.2) is 53.1 Å². The lowest BCUT2D eigenvalue weighted by atomic mass is 10.00. The Morgan fingerprint density at radius 3 is 2.43 bits per heavy atom. The summed E-state index contributed by atoms with van der Waals surface area (Å²) in [5.41, 5.74) is 0. The molecular weight excluding hydrogens is 304 g/mol. The summed E-state index contributed by atoms with van der Waals surface area (Å²) in [5.74, 6) is -2.45. The molecule has 2 rings (SSSR count). The van der Waals surface area contributed by atoms with Crippen LogP contribution in [0.1, 0.15) is 24.6 Å². The lowest BCUT2D eigenvalue weighted by Crippen LogP contribution is -2.35. The molecule has 1 fully saturated rings. The first kappa shape index (κ1) is 16.7. The zero-order chi connectivity index (χ0) is 16.8. The number of carbonyl (C=O) groups excluding carboxylic acids is 4. The molecule has 8 heteroatoms. The number of hydrogen-bond donors (Lipinski definition) is 0. The number of cyclic esters (lactones) is 1. The molecule has 124 valence electrons. The molecule has 8 nitrogen and oxygen atoms in total. The number of imide groups is 1. The van der Waals surface area contributed by atoms with Gasteiger partial charge in [0.25, 0.3) is 0 Å². The van der Waals surface area contributed by atoms with Crippen LogP contribution in [0.3, 0.4) is 0 Å². The smallest absolute Gasteiger partial charge is 0.416 e. The molecule has 0 unspecified atom stereocenters. The molecule has 1 aromatic heterocycles. The van der Waals surface area contributed by atoms with E-state index in [2.05, 4.69) is 0 Å². The van der Waals surface area contributed by atoms with Crippen molar-refractivity contribution >= 4 is 23.9 Å². The predicted molar refractivity (Wildman–Crippen MR) is 77.5 cm³/mol. The third-order valence-electron chi connectivity index (χ3n) is 3.42. The summed E-state index contributed by atoms with van der Waals surface area (Å²) in [6.45, 7) is 2.07. The molecule has 23 heavy (non-hydrogen) atoms. The van der Waals surface area contributed by atoms with E-state index in [-0.39, 0.29) is 38.5 Å². The Kier molecular flexibility index (Phi) is 5.51. The molecule has 0 spiro atoms. The SMILES string of the molecule is CCOC(=O)[C@H](CC(=O)N1CCOC1=O)CC(=O)n1cccc1. The van der Waals surface area contributed by atoms with Crippen molar-refractivity contribution in [1.82, 2.24) is 9.47 Å². The third kappa shape index (κ3) is 4.18. The molecular formula is C15H18N2O6. The Hall–Kier alpha value is -2.64. The van der Waals surface area contributed by atoms with Gasteiger partial charge in [0.05, 0.1) is 19.1 Å². The molecule has 1 aromatic rings. The monoisotopic (exact) mass is 322 g/mol. The van der Waals surface area contributed by atoms with Crippen molar-refractivity contribution in [2.24, 2.45) is 5.92 Å². The summed E-state index contributed by atoms with van der Waals surface area (Å²) in [6, 6.07) is 3.37. The summed E-state index contributed by atoms with van der Waals surface area (Å²) >= 11 is 0. The number of nitrogens with zero attached hydrogens (tertiary/aromatic N) is 2. The van der Waals surface area contributed by atoms with Crippen LogP contribution >= 0.6 is 0 Å². The highest BCUT2D eigenvalue weighted by Gasteiger charge is 2.33. The highest BCUT2D eigenvalue weighted by atomic mass is 16.6. The highest BCUT2D eigenvalue weighted by molar-refractivity contribution is 5.95. The standard InChI is InChI=1S/C15H18N2O6/c1-2-22-14(20)11(9-12(18)16-5-3-4-6-16)10-13(19)17-7-8-23-15(17)21/h3-6,11H,2,7-10H2,1H3/t11-/m0/s1. The van der Waals surface area contributed by atoms with Gasteiger partial charge in [-0.1, -0.05) is 0 Å². The first-order valence-corrected chi connectivity index (χ1v) is 7.32. The van der Waals surface area contributed by atoms with Crippen molar-refractivity contribution in [1.29, 1.82) is 0 Å². The average molecular weight is 322 g/mol. The second-order valence-corrected chi connectivity index (χ2v) is 5.00. The van der Waals surface area contributed by atoms with E-state index in [1.165, 1.54) is 4.57 Å². The molecule has 1 saturated heterocycles. The van der Waals surface area contributed by atoms with Crippen LogP contribution in [0.4, 0.5) is 4.79 Å². The van der Waals surface area contributed by atoms with Gasteiger partial charge in [-0.05, 0) is 19.1 Å². The number of rotatable bonds is 6. The predicted octanol–water partition coefficient (Wildman–Crippen LogP) is 1.07. The molecule has 0 aromatic carbocycles. The van der Waals surface area contributed by atoms with E-state index in [0.29, 0.717) is 0 Å². The van der Waals surface area contributed by atoms with Crippen molar-refractivity contribution in [3.63, 3.8) is 0 Å². The topological polar surface area (TPSA) is 94.9 Å². The Bertz CT molecular complexity index is 595. The van der Waals surface area contributed by atoms with Gasteiger partial charge in [0, 0.05) is 25.2 Å². The molecule has 0 N–H and O–H groups in total. The van der Waals surface area contributed by atoms with E-state index >= 15 is 0 Å². The minimum Gasteiger partial charge on any atom is -0.466 e.